The molecule has 1 N–H and O–H groups in total. The molecule has 0 saturated heterocycles. The zero-order valence-corrected chi connectivity index (χ0v) is 17.2. The van der Waals surface area contributed by atoms with Crippen molar-refractivity contribution in [2.75, 3.05) is 12.4 Å². The van der Waals surface area contributed by atoms with Crippen molar-refractivity contribution in [3.8, 4) is 11.5 Å². The van der Waals surface area contributed by atoms with Crippen LogP contribution in [0.5, 0.6) is 11.5 Å². The molecule has 1 aliphatic rings. The molecule has 2 aromatic carbocycles. The molecular weight excluding hydrogens is 448 g/mol. The van der Waals surface area contributed by atoms with Crippen LogP contribution in [-0.4, -0.2) is 27.8 Å². The number of hydrogen-bond donors (Lipinski definition) is 1. The van der Waals surface area contributed by atoms with Gasteiger partial charge in [-0.1, -0.05) is 23.7 Å². The highest BCUT2D eigenvalue weighted by Crippen LogP contribution is 2.41. The molecule has 1 amide bonds. The monoisotopic (exact) mass is 462 g/mol. The number of ether oxygens (including phenoxy) is 2. The van der Waals surface area contributed by atoms with E-state index in [0.29, 0.717) is 29.1 Å². The fraction of sp³-hybridized carbons (Fsp3) is 0.211. The summed E-state index contributed by atoms with van der Waals surface area (Å²) in [6.45, 7) is 0.366. The Hall–Kier alpha value is -2.58. The maximum absolute atomic E-state index is 12.0. The molecule has 3 aromatic rings. The molecule has 2 heterocycles. The number of nitrogens with zero attached hydrogens (tertiary/aromatic N) is 3. The fourth-order valence-corrected chi connectivity index (χ4v) is 3.77. The molecule has 1 aliphatic heterocycles. The zero-order chi connectivity index (χ0) is 19.7. The van der Waals surface area contributed by atoms with E-state index in [2.05, 4.69) is 31.3 Å². The first-order valence-electron chi connectivity index (χ1n) is 8.49. The third-order valence-corrected chi connectivity index (χ3v) is 5.27. The minimum atomic E-state index is -0.276. The Bertz CT molecular complexity index is 1020. The van der Waals surface area contributed by atoms with Crippen LogP contribution in [0.15, 0.2) is 47.2 Å². The van der Waals surface area contributed by atoms with Gasteiger partial charge in [0.25, 0.3) is 0 Å². The highest BCUT2D eigenvalue weighted by atomic mass is 79.9. The molecule has 0 radical (unpaired) electrons. The van der Waals surface area contributed by atoms with Crippen LogP contribution in [0.25, 0.3) is 0 Å². The van der Waals surface area contributed by atoms with E-state index in [-0.39, 0.29) is 18.4 Å². The van der Waals surface area contributed by atoms with Gasteiger partial charge in [0.1, 0.15) is 12.9 Å². The van der Waals surface area contributed by atoms with Crippen LogP contribution in [0.2, 0.25) is 5.02 Å². The van der Waals surface area contributed by atoms with Crippen molar-refractivity contribution in [3.63, 3.8) is 0 Å². The summed E-state index contributed by atoms with van der Waals surface area (Å²) in [4.78, 5) is 16.1. The molecule has 28 heavy (non-hydrogen) atoms. The van der Waals surface area contributed by atoms with Crippen LogP contribution < -0.4 is 14.8 Å². The molecule has 1 unspecified atom stereocenters. The molecule has 4 rings (SSSR count). The van der Waals surface area contributed by atoms with Gasteiger partial charge in [-0.3, -0.25) is 10.1 Å². The molecule has 1 aromatic heterocycles. The van der Waals surface area contributed by atoms with Crippen LogP contribution in [0.3, 0.4) is 0 Å². The first-order chi connectivity index (χ1) is 13.5. The molecule has 0 bridgehead atoms. The number of hydrogen-bond acceptors (Lipinski definition) is 5. The Morgan fingerprint density at radius 2 is 2.11 bits per heavy atom. The van der Waals surface area contributed by atoms with Gasteiger partial charge < -0.3 is 9.47 Å². The number of rotatable bonds is 5. The average molecular weight is 464 g/mol. The number of benzene rings is 2. The standard InChI is InChI=1S/C19H16BrClN4O3/c1-27-16-7-12(15-8-17(26)24-19-22-10-23-25(15)19)6-14(20)18(16)28-9-11-2-4-13(21)5-3-11/h2-7,10,15H,8-9H2,1H3,(H,22,23,24,26). The Balaban J connectivity index is 1.63. The second-order valence-electron chi connectivity index (χ2n) is 6.25. The lowest BCUT2D eigenvalue weighted by molar-refractivity contribution is -0.117. The van der Waals surface area contributed by atoms with E-state index < -0.39 is 0 Å². The maximum Gasteiger partial charge on any atom is 0.229 e. The maximum atomic E-state index is 12.0. The minimum absolute atomic E-state index is 0.108. The van der Waals surface area contributed by atoms with Gasteiger partial charge in [-0.25, -0.2) is 4.68 Å². The summed E-state index contributed by atoms with van der Waals surface area (Å²) in [5.41, 5.74) is 1.85. The van der Waals surface area contributed by atoms with Crippen molar-refractivity contribution < 1.29 is 14.3 Å². The fourth-order valence-electron chi connectivity index (χ4n) is 3.07. The van der Waals surface area contributed by atoms with Gasteiger partial charge in [0.05, 0.1) is 24.0 Å². The summed E-state index contributed by atoms with van der Waals surface area (Å²) < 4.78 is 13.9. The van der Waals surface area contributed by atoms with Gasteiger partial charge in [0.2, 0.25) is 11.9 Å². The lowest BCUT2D eigenvalue weighted by Gasteiger charge is -2.25. The predicted octanol–water partition coefficient (Wildman–Crippen LogP) is 4.21. The smallest absolute Gasteiger partial charge is 0.229 e. The van der Waals surface area contributed by atoms with Crippen LogP contribution in [0.1, 0.15) is 23.6 Å². The van der Waals surface area contributed by atoms with Gasteiger partial charge >= 0.3 is 0 Å². The highest BCUT2D eigenvalue weighted by molar-refractivity contribution is 9.10. The summed E-state index contributed by atoms with van der Waals surface area (Å²) in [6, 6.07) is 10.9. The lowest BCUT2D eigenvalue weighted by Crippen LogP contribution is -2.29. The molecule has 9 heteroatoms. The lowest BCUT2D eigenvalue weighted by atomic mass is 10.0. The Morgan fingerprint density at radius 1 is 1.32 bits per heavy atom. The van der Waals surface area contributed by atoms with Crippen molar-refractivity contribution in [2.24, 2.45) is 0 Å². The summed E-state index contributed by atoms with van der Waals surface area (Å²) in [7, 11) is 1.58. The third kappa shape index (κ3) is 3.70. The van der Waals surface area contributed by atoms with E-state index in [0.717, 1.165) is 15.6 Å². The summed E-state index contributed by atoms with van der Waals surface area (Å²) >= 11 is 9.49. The van der Waals surface area contributed by atoms with Gasteiger partial charge in [-0.05, 0) is 51.3 Å². The predicted molar refractivity (Wildman–Crippen MR) is 108 cm³/mol. The first-order valence-corrected chi connectivity index (χ1v) is 9.66. The third-order valence-electron chi connectivity index (χ3n) is 4.43. The molecule has 0 fully saturated rings. The Labute approximate surface area is 174 Å². The molecule has 7 nitrogen and oxygen atoms in total. The van der Waals surface area contributed by atoms with Crippen molar-refractivity contribution in [3.05, 3.63) is 63.3 Å². The van der Waals surface area contributed by atoms with Crippen LogP contribution in [0.4, 0.5) is 5.95 Å². The quantitative estimate of drug-likeness (QED) is 0.613. The summed E-state index contributed by atoms with van der Waals surface area (Å²) in [6.07, 6.45) is 1.68. The number of anilines is 1. The first kappa shape index (κ1) is 18.8. The normalized spacial score (nSPS) is 15.7. The number of methoxy groups -OCH3 is 1. The SMILES string of the molecule is COc1cc(C2CC(=O)Nc3ncnn32)cc(Br)c1OCc1ccc(Cl)cc1. The molecule has 1 atom stereocenters. The molecule has 0 saturated carbocycles. The van der Waals surface area contributed by atoms with Crippen LogP contribution in [0, 0.1) is 0 Å². The van der Waals surface area contributed by atoms with E-state index in [1.807, 2.05) is 36.4 Å². The second kappa shape index (κ2) is 7.81. The molecule has 144 valence electrons. The van der Waals surface area contributed by atoms with E-state index in [1.165, 1.54) is 6.33 Å². The molecular formula is C19H16BrClN4O3. The summed E-state index contributed by atoms with van der Waals surface area (Å²) in [5.74, 6) is 1.47. The van der Waals surface area contributed by atoms with Crippen molar-refractivity contribution in [1.82, 2.24) is 14.8 Å². The van der Waals surface area contributed by atoms with E-state index in [1.54, 1.807) is 11.8 Å². The second-order valence-corrected chi connectivity index (χ2v) is 7.54. The minimum Gasteiger partial charge on any atom is -0.493 e. The van der Waals surface area contributed by atoms with E-state index in [4.69, 9.17) is 21.1 Å². The average Bonchev–Trinajstić information content (AvgIpc) is 3.15. The number of carbonyl (C=O) groups excluding carboxylic acids is 1. The largest absolute Gasteiger partial charge is 0.493 e. The van der Waals surface area contributed by atoms with Gasteiger partial charge in [0.15, 0.2) is 11.5 Å². The number of aromatic nitrogens is 3. The Morgan fingerprint density at radius 3 is 2.86 bits per heavy atom. The molecule has 0 spiro atoms. The van der Waals surface area contributed by atoms with Gasteiger partial charge in [-0.2, -0.15) is 10.1 Å². The van der Waals surface area contributed by atoms with Crippen LogP contribution in [-0.2, 0) is 11.4 Å². The highest BCUT2D eigenvalue weighted by Gasteiger charge is 2.29. The van der Waals surface area contributed by atoms with Crippen LogP contribution >= 0.6 is 27.5 Å². The number of amides is 1. The number of carbonyl (C=O) groups is 1. The van der Waals surface area contributed by atoms with Gasteiger partial charge in [-0.15, -0.1) is 0 Å². The number of halogens is 2. The zero-order valence-electron chi connectivity index (χ0n) is 14.9. The molecule has 0 aliphatic carbocycles. The van der Waals surface area contributed by atoms with Crippen molar-refractivity contribution in [2.45, 2.75) is 19.1 Å². The van der Waals surface area contributed by atoms with E-state index in [9.17, 15) is 4.79 Å². The summed E-state index contributed by atoms with van der Waals surface area (Å²) in [5, 5.41) is 7.62. The number of fused-ring (bicyclic) bond motifs is 1. The van der Waals surface area contributed by atoms with Gasteiger partial charge in [0, 0.05) is 5.02 Å². The van der Waals surface area contributed by atoms with Crippen molar-refractivity contribution >= 4 is 39.4 Å². The van der Waals surface area contributed by atoms with Crippen molar-refractivity contribution in [1.29, 1.82) is 0 Å². The Kier molecular flexibility index (Phi) is 5.23. The van der Waals surface area contributed by atoms with E-state index >= 15 is 0 Å². The topological polar surface area (TPSA) is 78.3 Å². The number of nitrogens with one attached hydrogen (secondary N) is 1.